The first-order valence-electron chi connectivity index (χ1n) is 11.4. The van der Waals surface area contributed by atoms with E-state index in [-0.39, 0.29) is 42.5 Å². The van der Waals surface area contributed by atoms with E-state index in [1.54, 1.807) is 24.1 Å². The molecule has 2 aliphatic heterocycles. The van der Waals surface area contributed by atoms with Gasteiger partial charge in [-0.25, -0.2) is 4.79 Å². The average molecular weight is 436 g/mol. The summed E-state index contributed by atoms with van der Waals surface area (Å²) in [5.74, 6) is 0.799. The number of ether oxygens (including phenoxy) is 1. The lowest BCUT2D eigenvalue weighted by Gasteiger charge is -2.59. The van der Waals surface area contributed by atoms with Crippen molar-refractivity contribution in [2.45, 2.75) is 43.7 Å². The third-order valence-electron chi connectivity index (χ3n) is 7.24. The number of para-hydroxylation sites is 3. The Morgan fingerprint density at radius 1 is 1.09 bits per heavy atom. The zero-order valence-electron chi connectivity index (χ0n) is 18.2. The molecule has 1 saturated carbocycles. The maximum Gasteiger partial charge on any atom is 0.326 e. The van der Waals surface area contributed by atoms with Gasteiger partial charge in [0, 0.05) is 24.1 Å². The molecule has 7 nitrogen and oxygen atoms in total. The summed E-state index contributed by atoms with van der Waals surface area (Å²) in [5.41, 5.74) is 2.43. The molecule has 0 aromatic heterocycles. The van der Waals surface area contributed by atoms with Crippen LogP contribution < -0.4 is 15.0 Å². The molecule has 1 saturated heterocycles. The van der Waals surface area contributed by atoms with Gasteiger partial charge in [-0.1, -0.05) is 43.2 Å². The number of fused-ring (bicyclic) bond motifs is 3. The van der Waals surface area contributed by atoms with Gasteiger partial charge in [0.15, 0.2) is 0 Å². The van der Waals surface area contributed by atoms with Crippen molar-refractivity contribution in [2.24, 2.45) is 5.92 Å². The molecule has 1 aliphatic carbocycles. The fourth-order valence-corrected chi connectivity index (χ4v) is 5.70. The lowest BCUT2D eigenvalue weighted by atomic mass is 9.71. The second-order valence-corrected chi connectivity index (χ2v) is 8.87. The summed E-state index contributed by atoms with van der Waals surface area (Å²) < 4.78 is 5.37. The Balaban J connectivity index is 1.45. The van der Waals surface area contributed by atoms with Gasteiger partial charge >= 0.3 is 6.03 Å². The topological polar surface area (TPSA) is 82.1 Å². The van der Waals surface area contributed by atoms with Crippen LogP contribution in [0.4, 0.5) is 16.2 Å². The van der Waals surface area contributed by atoms with E-state index < -0.39 is 0 Å². The van der Waals surface area contributed by atoms with Crippen molar-refractivity contribution in [3.63, 3.8) is 0 Å². The molecule has 2 aromatic rings. The molecule has 3 aliphatic rings. The first-order chi connectivity index (χ1) is 15.6. The van der Waals surface area contributed by atoms with Crippen molar-refractivity contribution >= 4 is 23.3 Å². The quantitative estimate of drug-likeness (QED) is 0.769. The van der Waals surface area contributed by atoms with Crippen LogP contribution in [0, 0.1) is 5.92 Å². The minimum Gasteiger partial charge on any atom is -0.495 e. The van der Waals surface area contributed by atoms with E-state index in [0.29, 0.717) is 18.0 Å². The zero-order chi connectivity index (χ0) is 22.2. The number of likely N-dealkylation sites (tertiary alicyclic amines) is 1. The van der Waals surface area contributed by atoms with E-state index in [2.05, 4.69) is 5.32 Å². The fraction of sp³-hybridized carbons (Fsp3) is 0.440. The highest BCUT2D eigenvalue weighted by atomic mass is 16.5. The predicted octanol–water partition coefficient (Wildman–Crippen LogP) is 3.59. The summed E-state index contributed by atoms with van der Waals surface area (Å²) >= 11 is 0. The van der Waals surface area contributed by atoms with Gasteiger partial charge in [-0.15, -0.1) is 0 Å². The molecule has 0 spiro atoms. The van der Waals surface area contributed by atoms with Gasteiger partial charge in [0.2, 0.25) is 5.91 Å². The fourth-order valence-electron chi connectivity index (χ4n) is 5.70. The van der Waals surface area contributed by atoms with Gasteiger partial charge in [-0.2, -0.15) is 0 Å². The van der Waals surface area contributed by atoms with Crippen molar-refractivity contribution in [3.05, 3.63) is 54.1 Å². The molecular weight excluding hydrogens is 406 g/mol. The van der Waals surface area contributed by atoms with Crippen LogP contribution in [0.5, 0.6) is 5.75 Å². The van der Waals surface area contributed by atoms with Crippen molar-refractivity contribution in [1.82, 2.24) is 4.90 Å². The number of urea groups is 1. The minimum atomic E-state index is -0.263. The second kappa shape index (κ2) is 8.47. The van der Waals surface area contributed by atoms with Gasteiger partial charge < -0.3 is 20.1 Å². The normalized spacial score (nSPS) is 24.4. The van der Waals surface area contributed by atoms with E-state index >= 15 is 0 Å². The molecule has 2 fully saturated rings. The molecule has 3 atom stereocenters. The molecular formula is C25H29N3O4. The highest BCUT2D eigenvalue weighted by Crippen LogP contribution is 2.49. The molecule has 2 heterocycles. The number of carbonyl (C=O) groups is 2. The van der Waals surface area contributed by atoms with Crippen LogP contribution in [0.1, 0.15) is 37.2 Å². The number of aliphatic hydroxyl groups is 1. The number of hydrogen-bond donors (Lipinski definition) is 2. The van der Waals surface area contributed by atoms with Gasteiger partial charge in [0.1, 0.15) is 5.75 Å². The standard InChI is InChI=1S/C25H29N3O4/c1-32-22-13-7-5-11-18(22)26-25(31)27-14-20-23(17-10-4-6-12-19(17)27)21(15-29)28(20)24(30)16-8-2-3-9-16/h4-7,10-13,16,20-21,23,29H,2-3,8-9,14-15H2,1H3,(H,26,31)/t20-,21-,23+/m0/s1. The lowest BCUT2D eigenvalue weighted by molar-refractivity contribution is -0.154. The van der Waals surface area contributed by atoms with E-state index in [9.17, 15) is 14.7 Å². The molecule has 7 heteroatoms. The van der Waals surface area contributed by atoms with Crippen LogP contribution in [0.3, 0.4) is 0 Å². The number of amides is 3. The van der Waals surface area contributed by atoms with Crippen molar-refractivity contribution in [1.29, 1.82) is 0 Å². The van der Waals surface area contributed by atoms with Crippen LogP contribution in [-0.4, -0.2) is 54.3 Å². The van der Waals surface area contributed by atoms with Crippen LogP contribution in [-0.2, 0) is 4.79 Å². The Morgan fingerprint density at radius 3 is 2.56 bits per heavy atom. The number of rotatable bonds is 4. The Kier molecular flexibility index (Phi) is 5.51. The maximum absolute atomic E-state index is 13.4. The number of methoxy groups -OCH3 is 1. The molecule has 5 rings (SSSR count). The molecule has 3 amide bonds. The summed E-state index contributed by atoms with van der Waals surface area (Å²) in [7, 11) is 1.57. The van der Waals surface area contributed by atoms with E-state index in [0.717, 1.165) is 36.9 Å². The summed E-state index contributed by atoms with van der Waals surface area (Å²) in [6.45, 7) is 0.332. The zero-order valence-corrected chi connectivity index (χ0v) is 18.2. The smallest absolute Gasteiger partial charge is 0.326 e. The summed E-state index contributed by atoms with van der Waals surface area (Å²) in [6.07, 6.45) is 4.00. The van der Waals surface area contributed by atoms with E-state index in [1.807, 2.05) is 41.3 Å². The Hall–Kier alpha value is -3.06. The third-order valence-corrected chi connectivity index (χ3v) is 7.24. The van der Waals surface area contributed by atoms with Gasteiger partial charge in [0.25, 0.3) is 0 Å². The van der Waals surface area contributed by atoms with E-state index in [4.69, 9.17) is 4.74 Å². The van der Waals surface area contributed by atoms with Crippen LogP contribution >= 0.6 is 0 Å². The van der Waals surface area contributed by atoms with Crippen LogP contribution in [0.25, 0.3) is 0 Å². The summed E-state index contributed by atoms with van der Waals surface area (Å²) in [5, 5.41) is 13.1. The minimum absolute atomic E-state index is 0.0388. The van der Waals surface area contributed by atoms with Crippen molar-refractivity contribution in [2.75, 3.05) is 30.5 Å². The Morgan fingerprint density at radius 2 is 1.81 bits per heavy atom. The second-order valence-electron chi connectivity index (χ2n) is 8.87. The molecule has 32 heavy (non-hydrogen) atoms. The maximum atomic E-state index is 13.4. The van der Waals surface area contributed by atoms with Crippen molar-refractivity contribution < 1.29 is 19.4 Å². The highest BCUT2D eigenvalue weighted by Gasteiger charge is 2.56. The number of carbonyl (C=O) groups excluding carboxylic acids is 2. The third kappa shape index (κ3) is 3.32. The summed E-state index contributed by atoms with van der Waals surface area (Å²) in [4.78, 5) is 30.2. The Bertz CT molecular complexity index is 1020. The predicted molar refractivity (Wildman–Crippen MR) is 122 cm³/mol. The van der Waals surface area contributed by atoms with Crippen molar-refractivity contribution in [3.8, 4) is 5.75 Å². The number of hydrogen-bond acceptors (Lipinski definition) is 4. The number of benzene rings is 2. The number of anilines is 2. The monoisotopic (exact) mass is 435 g/mol. The molecule has 0 radical (unpaired) electrons. The number of aliphatic hydroxyl groups excluding tert-OH is 1. The lowest BCUT2D eigenvalue weighted by Crippen LogP contribution is -2.71. The average Bonchev–Trinajstić information content (AvgIpc) is 3.35. The SMILES string of the molecule is COc1ccccc1NC(=O)N1C[C@H]2[C@@H](c3ccccc31)[C@H](CO)N2C(=O)C1CCCC1. The largest absolute Gasteiger partial charge is 0.495 e. The number of nitrogens with zero attached hydrogens (tertiary/aromatic N) is 2. The Labute approximate surface area is 188 Å². The molecule has 0 unspecified atom stereocenters. The highest BCUT2D eigenvalue weighted by molar-refractivity contribution is 6.04. The molecule has 2 aromatic carbocycles. The first-order valence-corrected chi connectivity index (χ1v) is 11.4. The van der Waals surface area contributed by atoms with Crippen LogP contribution in [0.15, 0.2) is 48.5 Å². The molecule has 168 valence electrons. The first kappa shape index (κ1) is 20.8. The molecule has 2 N–H and O–H groups in total. The molecule has 0 bridgehead atoms. The van der Waals surface area contributed by atoms with Crippen LogP contribution in [0.2, 0.25) is 0 Å². The number of nitrogens with one attached hydrogen (secondary N) is 1. The van der Waals surface area contributed by atoms with Gasteiger partial charge in [-0.05, 0) is 36.6 Å². The summed E-state index contributed by atoms with van der Waals surface area (Å²) in [6, 6.07) is 14.5. The van der Waals surface area contributed by atoms with Gasteiger partial charge in [-0.3, -0.25) is 9.69 Å². The van der Waals surface area contributed by atoms with Gasteiger partial charge in [0.05, 0.1) is 31.5 Å². The van der Waals surface area contributed by atoms with E-state index in [1.165, 1.54) is 0 Å².